The summed E-state index contributed by atoms with van der Waals surface area (Å²) in [5.74, 6) is -3.26. The van der Waals surface area contributed by atoms with Crippen LogP contribution in [0.15, 0.2) is 42.5 Å². The molecule has 0 saturated heterocycles. The van der Waals surface area contributed by atoms with E-state index in [9.17, 15) is 23.2 Å². The van der Waals surface area contributed by atoms with Crippen LogP contribution < -0.4 is 10.1 Å². The molecule has 6 nitrogen and oxygen atoms in total. The number of esters is 1. The number of Topliss-reactive ketones (excluding diaryl/α,β-unsaturated/α-hetero) is 1. The summed E-state index contributed by atoms with van der Waals surface area (Å²) in [6.45, 7) is -1.07. The van der Waals surface area contributed by atoms with E-state index in [0.717, 1.165) is 18.2 Å². The maximum Gasteiger partial charge on any atom is 0.325 e. The molecule has 26 heavy (non-hydrogen) atoms. The van der Waals surface area contributed by atoms with Gasteiger partial charge in [-0.3, -0.25) is 14.4 Å². The second kappa shape index (κ2) is 8.70. The van der Waals surface area contributed by atoms with Crippen molar-refractivity contribution in [1.29, 1.82) is 0 Å². The van der Waals surface area contributed by atoms with Crippen molar-refractivity contribution in [1.82, 2.24) is 5.32 Å². The molecule has 0 heterocycles. The molecule has 0 fully saturated rings. The summed E-state index contributed by atoms with van der Waals surface area (Å²) in [5, 5.41) is 2.28. The first-order valence-corrected chi connectivity index (χ1v) is 7.47. The van der Waals surface area contributed by atoms with E-state index < -0.39 is 42.4 Å². The molecule has 2 aromatic carbocycles. The van der Waals surface area contributed by atoms with Crippen molar-refractivity contribution in [3.05, 3.63) is 65.2 Å². The maximum atomic E-state index is 13.5. The van der Waals surface area contributed by atoms with Crippen molar-refractivity contribution < 1.29 is 32.6 Å². The van der Waals surface area contributed by atoms with Gasteiger partial charge in [0.05, 0.1) is 7.11 Å². The van der Waals surface area contributed by atoms with Crippen molar-refractivity contribution in [3.8, 4) is 5.75 Å². The minimum absolute atomic E-state index is 0.0120. The number of rotatable bonds is 7. The van der Waals surface area contributed by atoms with Crippen LogP contribution in [-0.4, -0.2) is 37.9 Å². The summed E-state index contributed by atoms with van der Waals surface area (Å²) < 4.78 is 35.8. The second-order valence-corrected chi connectivity index (χ2v) is 5.12. The van der Waals surface area contributed by atoms with Crippen molar-refractivity contribution in [2.75, 3.05) is 20.3 Å². The molecule has 2 aromatic rings. The van der Waals surface area contributed by atoms with Crippen LogP contribution in [0.2, 0.25) is 0 Å². The Morgan fingerprint density at radius 2 is 1.65 bits per heavy atom. The highest BCUT2D eigenvalue weighted by atomic mass is 19.1. The fourth-order valence-electron chi connectivity index (χ4n) is 1.98. The van der Waals surface area contributed by atoms with Gasteiger partial charge in [-0.25, -0.2) is 8.78 Å². The fourth-order valence-corrected chi connectivity index (χ4v) is 1.98. The lowest BCUT2D eigenvalue weighted by Crippen LogP contribution is -2.31. The molecule has 8 heteroatoms. The first-order valence-electron chi connectivity index (χ1n) is 7.47. The molecule has 136 valence electrons. The van der Waals surface area contributed by atoms with Crippen LogP contribution in [0.4, 0.5) is 8.78 Å². The first-order chi connectivity index (χ1) is 12.4. The molecule has 0 aliphatic heterocycles. The van der Waals surface area contributed by atoms with Crippen LogP contribution in [0.5, 0.6) is 5.75 Å². The monoisotopic (exact) mass is 363 g/mol. The van der Waals surface area contributed by atoms with Crippen LogP contribution in [-0.2, 0) is 9.53 Å². The topological polar surface area (TPSA) is 81.7 Å². The average molecular weight is 363 g/mol. The smallest absolute Gasteiger partial charge is 0.325 e. The highest BCUT2D eigenvalue weighted by Gasteiger charge is 2.14. The van der Waals surface area contributed by atoms with Crippen LogP contribution in [0.1, 0.15) is 20.7 Å². The van der Waals surface area contributed by atoms with Crippen LogP contribution in [0.25, 0.3) is 0 Å². The largest absolute Gasteiger partial charge is 0.494 e. The van der Waals surface area contributed by atoms with Crippen molar-refractivity contribution >= 4 is 17.7 Å². The predicted molar refractivity (Wildman–Crippen MR) is 87.0 cm³/mol. The molecular formula is C18H15F2NO5. The molecule has 0 bridgehead atoms. The number of benzene rings is 2. The van der Waals surface area contributed by atoms with Gasteiger partial charge in [-0.1, -0.05) is 0 Å². The minimum Gasteiger partial charge on any atom is -0.494 e. The van der Waals surface area contributed by atoms with E-state index in [1.54, 1.807) is 0 Å². The van der Waals surface area contributed by atoms with Crippen LogP contribution >= 0.6 is 0 Å². The van der Waals surface area contributed by atoms with Gasteiger partial charge in [0.15, 0.2) is 24.0 Å². The van der Waals surface area contributed by atoms with Gasteiger partial charge >= 0.3 is 5.97 Å². The quantitative estimate of drug-likeness (QED) is 0.602. The number of halogens is 2. The zero-order chi connectivity index (χ0) is 19.1. The lowest BCUT2D eigenvalue weighted by molar-refractivity contribution is -0.141. The summed E-state index contributed by atoms with van der Waals surface area (Å²) in [5.41, 5.74) is 0.190. The third-order valence-corrected chi connectivity index (χ3v) is 3.34. The number of ketones is 1. The summed E-state index contributed by atoms with van der Waals surface area (Å²) in [6, 6.07) is 8.35. The van der Waals surface area contributed by atoms with Gasteiger partial charge in [0.25, 0.3) is 5.91 Å². The maximum absolute atomic E-state index is 13.5. The highest BCUT2D eigenvalue weighted by molar-refractivity contribution is 5.99. The molecule has 0 spiro atoms. The fraction of sp³-hybridized carbons (Fsp3) is 0.167. The average Bonchev–Trinajstić information content (AvgIpc) is 2.64. The van der Waals surface area contributed by atoms with Gasteiger partial charge in [-0.05, 0) is 42.5 Å². The Morgan fingerprint density at radius 1 is 1.00 bits per heavy atom. The first kappa shape index (κ1) is 19.0. The predicted octanol–water partition coefficient (Wildman–Crippen LogP) is 2.13. The summed E-state index contributed by atoms with van der Waals surface area (Å²) in [7, 11) is 1.29. The zero-order valence-electron chi connectivity index (χ0n) is 13.8. The molecule has 0 aromatic heterocycles. The number of carbonyl (C=O) groups excluding carboxylic acids is 3. The van der Waals surface area contributed by atoms with E-state index in [-0.39, 0.29) is 16.9 Å². The summed E-state index contributed by atoms with van der Waals surface area (Å²) >= 11 is 0. The third kappa shape index (κ3) is 5.10. The van der Waals surface area contributed by atoms with E-state index >= 15 is 0 Å². The van der Waals surface area contributed by atoms with Gasteiger partial charge in [-0.15, -0.1) is 0 Å². The van der Waals surface area contributed by atoms with Gasteiger partial charge in [-0.2, -0.15) is 0 Å². The molecule has 0 saturated carbocycles. The SMILES string of the molecule is COc1ccc(C(=O)COC(=O)CNC(=O)c2ccc(F)cc2)cc1F. The number of ether oxygens (including phenoxy) is 2. The minimum atomic E-state index is -0.845. The molecule has 0 aliphatic rings. The standard InChI is InChI=1S/C18H15F2NO5/c1-25-16-7-4-12(8-14(16)20)15(22)10-26-17(23)9-21-18(24)11-2-5-13(19)6-3-11/h2-8H,9-10H2,1H3,(H,21,24). The van der Waals surface area contributed by atoms with Gasteiger partial charge < -0.3 is 14.8 Å². The Hall–Kier alpha value is -3.29. The van der Waals surface area contributed by atoms with E-state index in [1.165, 1.54) is 31.4 Å². The number of hydrogen-bond acceptors (Lipinski definition) is 5. The molecule has 0 unspecified atom stereocenters. The van der Waals surface area contributed by atoms with E-state index in [1.807, 2.05) is 0 Å². The Bertz CT molecular complexity index is 821. The summed E-state index contributed by atoms with van der Waals surface area (Å²) in [6.07, 6.45) is 0. The highest BCUT2D eigenvalue weighted by Crippen LogP contribution is 2.18. The summed E-state index contributed by atoms with van der Waals surface area (Å²) in [4.78, 5) is 35.2. The third-order valence-electron chi connectivity index (χ3n) is 3.34. The second-order valence-electron chi connectivity index (χ2n) is 5.12. The number of hydrogen-bond donors (Lipinski definition) is 1. The van der Waals surface area contributed by atoms with E-state index in [4.69, 9.17) is 9.47 Å². The van der Waals surface area contributed by atoms with Crippen LogP contribution in [0.3, 0.4) is 0 Å². The lowest BCUT2D eigenvalue weighted by atomic mass is 10.1. The molecule has 0 atom stereocenters. The van der Waals surface area contributed by atoms with Gasteiger partial charge in [0.1, 0.15) is 12.4 Å². The van der Waals surface area contributed by atoms with E-state index in [0.29, 0.717) is 0 Å². The Balaban J connectivity index is 1.81. The normalized spacial score (nSPS) is 10.1. The number of methoxy groups -OCH3 is 1. The molecule has 2 rings (SSSR count). The number of nitrogens with one attached hydrogen (secondary N) is 1. The van der Waals surface area contributed by atoms with Crippen LogP contribution in [0, 0.1) is 11.6 Å². The Labute approximate surface area is 147 Å². The van der Waals surface area contributed by atoms with Gasteiger partial charge in [0, 0.05) is 11.1 Å². The lowest BCUT2D eigenvalue weighted by Gasteiger charge is -2.07. The van der Waals surface area contributed by atoms with E-state index in [2.05, 4.69) is 5.32 Å². The Kier molecular flexibility index (Phi) is 6.37. The zero-order valence-corrected chi connectivity index (χ0v) is 13.8. The molecule has 1 N–H and O–H groups in total. The molecule has 0 aliphatic carbocycles. The van der Waals surface area contributed by atoms with Crippen molar-refractivity contribution in [2.24, 2.45) is 0 Å². The number of amides is 1. The Morgan fingerprint density at radius 3 is 2.27 bits per heavy atom. The number of carbonyl (C=O) groups is 3. The molecular weight excluding hydrogens is 348 g/mol. The van der Waals surface area contributed by atoms with Gasteiger partial charge in [0.2, 0.25) is 0 Å². The molecule has 1 amide bonds. The van der Waals surface area contributed by atoms with Crippen molar-refractivity contribution in [2.45, 2.75) is 0 Å². The van der Waals surface area contributed by atoms with Crippen molar-refractivity contribution in [3.63, 3.8) is 0 Å². The molecule has 0 radical (unpaired) electrons.